The van der Waals surface area contributed by atoms with Gasteiger partial charge in [0.2, 0.25) is 0 Å². The lowest BCUT2D eigenvalue weighted by molar-refractivity contribution is 0.0962. The Labute approximate surface area is 153 Å². The molecule has 3 rings (SSSR count). The molecule has 138 valence electrons. The van der Waals surface area contributed by atoms with Crippen LogP contribution in [0.25, 0.3) is 0 Å². The molecular formula is C20H24FN3O2. The van der Waals surface area contributed by atoms with E-state index >= 15 is 0 Å². The first-order valence-corrected chi connectivity index (χ1v) is 8.77. The molecule has 0 aliphatic carbocycles. The Morgan fingerprint density at radius 1 is 1.15 bits per heavy atom. The number of carbonyl (C=O) groups excluding carboxylic acids is 1. The summed E-state index contributed by atoms with van der Waals surface area (Å²) in [4.78, 5) is 16.7. The largest absolute Gasteiger partial charge is 0.495 e. The van der Waals surface area contributed by atoms with Gasteiger partial charge in [-0.3, -0.25) is 9.69 Å². The van der Waals surface area contributed by atoms with Crippen LogP contribution in [-0.2, 0) is 0 Å². The van der Waals surface area contributed by atoms with E-state index in [0.29, 0.717) is 35.7 Å². The number of halogens is 1. The molecule has 1 fully saturated rings. The number of carbonyl (C=O) groups is 1. The van der Waals surface area contributed by atoms with Gasteiger partial charge in [0, 0.05) is 44.7 Å². The summed E-state index contributed by atoms with van der Waals surface area (Å²) in [5.41, 5.74) is 7.59. The van der Waals surface area contributed by atoms with Crippen LogP contribution in [0.1, 0.15) is 16.8 Å². The molecule has 0 spiro atoms. The van der Waals surface area contributed by atoms with E-state index in [1.807, 2.05) is 12.1 Å². The second-order valence-electron chi connectivity index (χ2n) is 6.41. The number of hydrogen-bond donors (Lipinski definition) is 1. The minimum Gasteiger partial charge on any atom is -0.495 e. The lowest BCUT2D eigenvalue weighted by Crippen LogP contribution is -2.47. The van der Waals surface area contributed by atoms with Crippen LogP contribution in [0.15, 0.2) is 42.5 Å². The number of para-hydroxylation sites is 1. The van der Waals surface area contributed by atoms with Crippen molar-refractivity contribution in [2.45, 2.75) is 6.42 Å². The summed E-state index contributed by atoms with van der Waals surface area (Å²) in [5, 5.41) is 0. The van der Waals surface area contributed by atoms with Crippen LogP contribution in [-0.4, -0.2) is 50.5 Å². The van der Waals surface area contributed by atoms with Gasteiger partial charge in [0.05, 0.1) is 18.5 Å². The normalized spacial score (nSPS) is 15.1. The summed E-state index contributed by atoms with van der Waals surface area (Å²) in [7, 11) is 1.55. The van der Waals surface area contributed by atoms with E-state index in [4.69, 9.17) is 10.5 Å². The van der Waals surface area contributed by atoms with Gasteiger partial charge in [-0.25, -0.2) is 4.39 Å². The van der Waals surface area contributed by atoms with E-state index in [1.165, 1.54) is 6.07 Å². The number of piperazine rings is 1. The predicted octanol–water partition coefficient (Wildman–Crippen LogP) is 2.81. The molecule has 1 heterocycles. The lowest BCUT2D eigenvalue weighted by atomic mass is 10.1. The zero-order valence-electron chi connectivity index (χ0n) is 15.0. The molecule has 0 aromatic heterocycles. The number of ketones is 1. The van der Waals surface area contributed by atoms with E-state index in [0.717, 1.165) is 26.2 Å². The first-order chi connectivity index (χ1) is 12.6. The van der Waals surface area contributed by atoms with Gasteiger partial charge in [0.15, 0.2) is 5.78 Å². The number of nitrogens with two attached hydrogens (primary N) is 1. The van der Waals surface area contributed by atoms with Gasteiger partial charge in [0.1, 0.15) is 11.6 Å². The molecule has 0 saturated carbocycles. The van der Waals surface area contributed by atoms with Crippen molar-refractivity contribution in [2.24, 2.45) is 0 Å². The minimum absolute atomic E-state index is 0.0656. The molecular weight excluding hydrogens is 333 g/mol. The van der Waals surface area contributed by atoms with E-state index < -0.39 is 0 Å². The van der Waals surface area contributed by atoms with E-state index in [9.17, 15) is 9.18 Å². The van der Waals surface area contributed by atoms with Crippen molar-refractivity contribution >= 4 is 17.2 Å². The zero-order chi connectivity index (χ0) is 18.5. The number of rotatable bonds is 6. The number of nitrogens with zero attached hydrogens (tertiary/aromatic N) is 2. The standard InChI is InChI=1S/C20H24FN3O2/c1-26-20-7-6-15(14-17(20)22)19(25)8-9-23-10-12-24(13-11-23)18-5-3-2-4-16(18)21/h2-7,14H,8-13,22H2,1H3. The SMILES string of the molecule is COc1ccc(C(=O)CCN2CCN(c3ccccc3F)CC2)cc1N. The fourth-order valence-electron chi connectivity index (χ4n) is 3.23. The maximum Gasteiger partial charge on any atom is 0.164 e. The molecule has 1 aliphatic rings. The fourth-order valence-corrected chi connectivity index (χ4v) is 3.23. The van der Waals surface area contributed by atoms with Crippen LogP contribution < -0.4 is 15.4 Å². The van der Waals surface area contributed by atoms with Gasteiger partial charge >= 0.3 is 0 Å². The van der Waals surface area contributed by atoms with Gasteiger partial charge in [-0.1, -0.05) is 12.1 Å². The number of hydrogen-bond acceptors (Lipinski definition) is 5. The Morgan fingerprint density at radius 3 is 2.54 bits per heavy atom. The number of Topliss-reactive ketones (excluding diaryl/α,β-unsaturated/α-hetero) is 1. The highest BCUT2D eigenvalue weighted by molar-refractivity contribution is 5.97. The van der Waals surface area contributed by atoms with Crippen LogP contribution in [0.3, 0.4) is 0 Å². The van der Waals surface area contributed by atoms with Crippen molar-refractivity contribution in [3.8, 4) is 5.75 Å². The molecule has 0 bridgehead atoms. The first kappa shape index (κ1) is 18.2. The van der Waals surface area contributed by atoms with Crippen LogP contribution in [0.4, 0.5) is 15.8 Å². The van der Waals surface area contributed by atoms with Gasteiger partial charge in [-0.15, -0.1) is 0 Å². The van der Waals surface area contributed by atoms with E-state index in [1.54, 1.807) is 31.4 Å². The lowest BCUT2D eigenvalue weighted by Gasteiger charge is -2.36. The predicted molar refractivity (Wildman–Crippen MR) is 101 cm³/mol. The van der Waals surface area contributed by atoms with Crippen molar-refractivity contribution in [3.05, 3.63) is 53.8 Å². The average Bonchev–Trinajstić information content (AvgIpc) is 2.67. The highest BCUT2D eigenvalue weighted by Crippen LogP contribution is 2.23. The Morgan fingerprint density at radius 2 is 1.88 bits per heavy atom. The van der Waals surface area contributed by atoms with Crippen LogP contribution >= 0.6 is 0 Å². The molecule has 0 amide bonds. The molecule has 0 unspecified atom stereocenters. The number of methoxy groups -OCH3 is 1. The summed E-state index contributed by atoms with van der Waals surface area (Å²) >= 11 is 0. The first-order valence-electron chi connectivity index (χ1n) is 8.77. The van der Waals surface area contributed by atoms with Crippen molar-refractivity contribution in [1.82, 2.24) is 4.90 Å². The van der Waals surface area contributed by atoms with Gasteiger partial charge in [-0.2, -0.15) is 0 Å². The molecule has 1 saturated heterocycles. The zero-order valence-corrected chi connectivity index (χ0v) is 15.0. The number of benzene rings is 2. The Hall–Kier alpha value is -2.60. The number of nitrogen functional groups attached to an aromatic ring is 1. The van der Waals surface area contributed by atoms with E-state index in [2.05, 4.69) is 9.80 Å². The molecule has 26 heavy (non-hydrogen) atoms. The van der Waals surface area contributed by atoms with E-state index in [-0.39, 0.29) is 11.6 Å². The van der Waals surface area contributed by atoms with Gasteiger partial charge in [-0.05, 0) is 30.3 Å². The molecule has 2 aromatic carbocycles. The molecule has 5 nitrogen and oxygen atoms in total. The Kier molecular flexibility index (Phi) is 5.73. The molecule has 0 radical (unpaired) electrons. The molecule has 2 N–H and O–H groups in total. The number of ether oxygens (including phenoxy) is 1. The van der Waals surface area contributed by atoms with Crippen molar-refractivity contribution in [1.29, 1.82) is 0 Å². The second-order valence-corrected chi connectivity index (χ2v) is 6.41. The topological polar surface area (TPSA) is 58.8 Å². The summed E-state index contributed by atoms with van der Waals surface area (Å²) in [6, 6.07) is 12.0. The van der Waals surface area contributed by atoms with Crippen molar-refractivity contribution in [2.75, 3.05) is 50.5 Å². The maximum atomic E-state index is 13.9. The third kappa shape index (κ3) is 4.14. The van der Waals surface area contributed by atoms with Crippen LogP contribution in [0, 0.1) is 5.82 Å². The average molecular weight is 357 g/mol. The highest BCUT2D eigenvalue weighted by Gasteiger charge is 2.20. The van der Waals surface area contributed by atoms with Crippen LogP contribution in [0.5, 0.6) is 5.75 Å². The van der Waals surface area contributed by atoms with Crippen molar-refractivity contribution in [3.63, 3.8) is 0 Å². The molecule has 0 atom stereocenters. The maximum absolute atomic E-state index is 13.9. The quantitative estimate of drug-likeness (QED) is 0.636. The molecule has 2 aromatic rings. The van der Waals surface area contributed by atoms with Gasteiger partial charge in [0.25, 0.3) is 0 Å². The third-order valence-electron chi connectivity index (χ3n) is 4.77. The van der Waals surface area contributed by atoms with Crippen molar-refractivity contribution < 1.29 is 13.9 Å². The molecule has 1 aliphatic heterocycles. The summed E-state index contributed by atoms with van der Waals surface area (Å²) < 4.78 is 19.0. The Bertz CT molecular complexity index is 773. The van der Waals surface area contributed by atoms with Crippen LogP contribution in [0.2, 0.25) is 0 Å². The highest BCUT2D eigenvalue weighted by atomic mass is 19.1. The third-order valence-corrected chi connectivity index (χ3v) is 4.77. The monoisotopic (exact) mass is 357 g/mol. The smallest absolute Gasteiger partial charge is 0.164 e. The molecule has 6 heteroatoms. The summed E-state index contributed by atoms with van der Waals surface area (Å²) in [6.45, 7) is 3.82. The number of anilines is 2. The summed E-state index contributed by atoms with van der Waals surface area (Å²) in [6.07, 6.45) is 0.436. The van der Waals surface area contributed by atoms with Gasteiger partial charge < -0.3 is 15.4 Å². The summed E-state index contributed by atoms with van der Waals surface area (Å²) in [5.74, 6) is 0.454. The fraction of sp³-hybridized carbons (Fsp3) is 0.350. The minimum atomic E-state index is -0.187. The Balaban J connectivity index is 1.50. The second kappa shape index (κ2) is 8.19.